The predicted octanol–water partition coefficient (Wildman–Crippen LogP) is 3.64. The second-order valence-corrected chi connectivity index (χ2v) is 8.19. The van der Waals surface area contributed by atoms with Gasteiger partial charge in [0.15, 0.2) is 0 Å². The van der Waals surface area contributed by atoms with Gasteiger partial charge in [-0.3, -0.25) is 4.98 Å². The lowest BCUT2D eigenvalue weighted by atomic mass is 9.92. The van der Waals surface area contributed by atoms with Crippen LogP contribution in [-0.2, 0) is 19.4 Å². The fourth-order valence-corrected chi connectivity index (χ4v) is 4.67. The topological polar surface area (TPSA) is 77.5 Å². The molecular weight excluding hydrogens is 388 g/mol. The van der Waals surface area contributed by atoms with Gasteiger partial charge in [0.2, 0.25) is 0 Å². The maximum Gasteiger partial charge on any atom is 0.337 e. The second kappa shape index (κ2) is 8.40. The molecule has 0 saturated heterocycles. The second-order valence-electron chi connectivity index (χ2n) is 8.19. The predicted molar refractivity (Wildman–Crippen MR) is 122 cm³/mol. The van der Waals surface area contributed by atoms with Gasteiger partial charge in [0.1, 0.15) is 0 Å². The van der Waals surface area contributed by atoms with Crippen molar-refractivity contribution in [1.29, 1.82) is 0 Å². The molecule has 2 aromatic carbocycles. The molecule has 3 heterocycles. The van der Waals surface area contributed by atoms with Gasteiger partial charge in [-0.05, 0) is 59.8 Å². The van der Waals surface area contributed by atoms with Crippen LogP contribution in [0.5, 0.6) is 0 Å². The monoisotopic (exact) mass is 414 g/mol. The molecule has 0 saturated carbocycles. The van der Waals surface area contributed by atoms with E-state index < -0.39 is 5.97 Å². The van der Waals surface area contributed by atoms with Crippen molar-refractivity contribution in [1.82, 2.24) is 10.3 Å². The van der Waals surface area contributed by atoms with Crippen molar-refractivity contribution in [3.8, 4) is 0 Å². The van der Waals surface area contributed by atoms with Crippen LogP contribution in [0.1, 0.15) is 38.7 Å². The summed E-state index contributed by atoms with van der Waals surface area (Å²) in [4.78, 5) is 18.0. The van der Waals surface area contributed by atoms with Gasteiger partial charge in [-0.15, -0.1) is 0 Å². The van der Waals surface area contributed by atoms with Crippen LogP contribution in [0.3, 0.4) is 0 Å². The molecule has 0 aliphatic carbocycles. The molecule has 6 heteroatoms. The molecule has 2 aliphatic heterocycles. The van der Waals surface area contributed by atoms with Gasteiger partial charge in [-0.1, -0.05) is 30.3 Å². The van der Waals surface area contributed by atoms with E-state index in [1.54, 1.807) is 6.20 Å². The number of carbonyl (C=O) groups is 1. The van der Waals surface area contributed by atoms with Gasteiger partial charge < -0.3 is 20.6 Å². The number of hydrogen-bond acceptors (Lipinski definition) is 5. The van der Waals surface area contributed by atoms with Gasteiger partial charge in [0, 0.05) is 37.6 Å². The smallest absolute Gasteiger partial charge is 0.337 e. The van der Waals surface area contributed by atoms with Crippen LogP contribution in [-0.4, -0.2) is 35.7 Å². The summed E-state index contributed by atoms with van der Waals surface area (Å²) in [6.07, 6.45) is 5.16. The zero-order valence-electron chi connectivity index (χ0n) is 17.3. The number of aromatic nitrogens is 1. The van der Waals surface area contributed by atoms with Crippen LogP contribution in [0.4, 0.5) is 11.4 Å². The number of benzene rings is 2. The summed E-state index contributed by atoms with van der Waals surface area (Å²) in [5, 5.41) is 16.2. The quantitative estimate of drug-likeness (QED) is 0.592. The lowest BCUT2D eigenvalue weighted by Gasteiger charge is -2.33. The van der Waals surface area contributed by atoms with Crippen molar-refractivity contribution in [2.24, 2.45) is 0 Å². The summed E-state index contributed by atoms with van der Waals surface area (Å²) in [7, 11) is 0. The molecule has 0 amide bonds. The third-order valence-corrected chi connectivity index (χ3v) is 6.33. The Balaban J connectivity index is 1.32. The summed E-state index contributed by atoms with van der Waals surface area (Å²) in [6.45, 7) is 3.51. The minimum Gasteiger partial charge on any atom is -0.478 e. The van der Waals surface area contributed by atoms with Gasteiger partial charge in [0.25, 0.3) is 0 Å². The van der Waals surface area contributed by atoms with E-state index in [4.69, 9.17) is 0 Å². The molecule has 0 radical (unpaired) electrons. The average molecular weight is 415 g/mol. The van der Waals surface area contributed by atoms with Crippen LogP contribution >= 0.6 is 0 Å². The third-order valence-electron chi connectivity index (χ3n) is 6.33. The number of anilines is 2. The number of pyridine rings is 1. The highest BCUT2D eigenvalue weighted by molar-refractivity contribution is 5.93. The number of aromatic carboxylic acids is 1. The molecule has 158 valence electrons. The number of nitrogens with one attached hydrogen (secondary N) is 2. The number of nitrogens with zero attached hydrogens (tertiary/aromatic N) is 2. The number of hydrogen-bond donors (Lipinski definition) is 3. The maximum absolute atomic E-state index is 11.4. The molecule has 0 fully saturated rings. The van der Waals surface area contributed by atoms with Crippen LogP contribution in [0.2, 0.25) is 0 Å². The molecule has 5 rings (SSSR count). The van der Waals surface area contributed by atoms with Gasteiger partial charge in [-0.2, -0.15) is 0 Å². The summed E-state index contributed by atoms with van der Waals surface area (Å²) >= 11 is 0. The van der Waals surface area contributed by atoms with E-state index >= 15 is 0 Å². The Morgan fingerprint density at radius 3 is 2.87 bits per heavy atom. The average Bonchev–Trinajstić information content (AvgIpc) is 2.82. The fraction of sp³-hybridized carbons (Fsp3) is 0.280. The molecule has 31 heavy (non-hydrogen) atoms. The molecule has 0 spiro atoms. The van der Waals surface area contributed by atoms with Gasteiger partial charge in [-0.25, -0.2) is 4.79 Å². The van der Waals surface area contributed by atoms with Gasteiger partial charge in [0.05, 0.1) is 17.4 Å². The van der Waals surface area contributed by atoms with E-state index in [0.29, 0.717) is 12.2 Å². The highest BCUT2D eigenvalue weighted by atomic mass is 16.4. The fourth-order valence-electron chi connectivity index (χ4n) is 4.67. The number of carboxylic acids is 1. The Morgan fingerprint density at radius 2 is 2.00 bits per heavy atom. The molecule has 0 unspecified atom stereocenters. The van der Waals surface area contributed by atoms with Crippen molar-refractivity contribution in [2.45, 2.75) is 25.4 Å². The maximum atomic E-state index is 11.4. The third kappa shape index (κ3) is 3.99. The molecule has 6 nitrogen and oxygen atoms in total. The summed E-state index contributed by atoms with van der Waals surface area (Å²) in [5.41, 5.74) is 7.60. The Morgan fingerprint density at radius 1 is 1.13 bits per heavy atom. The molecule has 2 aliphatic rings. The summed E-state index contributed by atoms with van der Waals surface area (Å²) < 4.78 is 0. The Labute approximate surface area is 181 Å². The highest BCUT2D eigenvalue weighted by Gasteiger charge is 2.23. The van der Waals surface area contributed by atoms with Gasteiger partial charge >= 0.3 is 5.97 Å². The van der Waals surface area contributed by atoms with Crippen molar-refractivity contribution in [3.05, 3.63) is 88.7 Å². The van der Waals surface area contributed by atoms with Crippen molar-refractivity contribution in [2.75, 3.05) is 29.9 Å². The number of rotatable bonds is 5. The first kappa shape index (κ1) is 19.6. The van der Waals surface area contributed by atoms with Crippen molar-refractivity contribution < 1.29 is 9.90 Å². The lowest BCUT2D eigenvalue weighted by molar-refractivity contribution is 0.0697. The van der Waals surface area contributed by atoms with Crippen LogP contribution in [0.15, 0.2) is 60.9 Å². The zero-order chi connectivity index (χ0) is 21.2. The first-order valence-corrected chi connectivity index (χ1v) is 10.8. The van der Waals surface area contributed by atoms with E-state index in [2.05, 4.69) is 63.0 Å². The van der Waals surface area contributed by atoms with E-state index in [1.807, 2.05) is 0 Å². The Bertz CT molecular complexity index is 1110. The SMILES string of the molecule is O=C(O)c1ccncc1NC[C@@H]1NCCc2cc(N3CCc4ccccc4C3)ccc21. The normalized spacial score (nSPS) is 17.5. The largest absolute Gasteiger partial charge is 0.478 e. The lowest BCUT2D eigenvalue weighted by Crippen LogP contribution is -2.35. The minimum atomic E-state index is -0.949. The van der Waals surface area contributed by atoms with Crippen LogP contribution in [0.25, 0.3) is 0 Å². The van der Waals surface area contributed by atoms with Crippen molar-refractivity contribution >= 4 is 17.3 Å². The molecule has 3 N–H and O–H groups in total. The molecule has 1 atom stereocenters. The van der Waals surface area contributed by atoms with E-state index in [9.17, 15) is 9.90 Å². The molecule has 3 aromatic rings. The minimum absolute atomic E-state index is 0.127. The molecular formula is C25H26N4O2. The molecule has 0 bridgehead atoms. The first-order valence-electron chi connectivity index (χ1n) is 10.8. The first-order chi connectivity index (χ1) is 15.2. The Hall–Kier alpha value is -3.38. The summed E-state index contributed by atoms with van der Waals surface area (Å²) in [5.74, 6) is -0.949. The Kier molecular flexibility index (Phi) is 5.30. The van der Waals surface area contributed by atoms with Crippen molar-refractivity contribution in [3.63, 3.8) is 0 Å². The molecule has 1 aromatic heterocycles. The van der Waals surface area contributed by atoms with E-state index in [0.717, 1.165) is 32.5 Å². The van der Waals surface area contributed by atoms with E-state index in [-0.39, 0.29) is 11.6 Å². The standard InChI is InChI=1S/C25H26N4O2/c30-25(31)22-8-10-26-14-23(22)28-15-24-21-6-5-20(13-18(21)7-11-27-24)29-12-9-17-3-1-2-4-19(17)16-29/h1-6,8,10,13-14,24,27-28H,7,9,11-12,15-16H2,(H,30,31)/t24-/m0/s1. The van der Waals surface area contributed by atoms with E-state index in [1.165, 1.54) is 40.2 Å². The van der Waals surface area contributed by atoms with Crippen LogP contribution in [0, 0.1) is 0 Å². The number of fused-ring (bicyclic) bond motifs is 2. The van der Waals surface area contributed by atoms with Crippen LogP contribution < -0.4 is 15.5 Å². The number of carboxylic acid groups (broad SMARTS) is 1. The zero-order valence-corrected chi connectivity index (χ0v) is 17.3. The summed E-state index contributed by atoms with van der Waals surface area (Å²) in [6, 6.07) is 17.2. The highest BCUT2D eigenvalue weighted by Crippen LogP contribution is 2.30.